The van der Waals surface area contributed by atoms with E-state index in [1.807, 2.05) is 0 Å². The number of rotatable bonds is 3. The minimum atomic E-state index is -4.75. The van der Waals surface area contributed by atoms with Crippen molar-refractivity contribution >= 4 is 28.3 Å². The summed E-state index contributed by atoms with van der Waals surface area (Å²) >= 11 is 3.14. The third kappa shape index (κ3) is 4.86. The maximum atomic E-state index is 13.8. The molecule has 0 aliphatic heterocycles. The quantitative estimate of drug-likeness (QED) is 0.740. The Kier molecular flexibility index (Phi) is 6.22. The predicted molar refractivity (Wildman–Crippen MR) is 80.5 cm³/mol. The fraction of sp³-hybridized carbons (Fsp3) is 0.143. The van der Waals surface area contributed by atoms with Gasteiger partial charge in [0.15, 0.2) is 0 Å². The van der Waals surface area contributed by atoms with Gasteiger partial charge in [-0.1, -0.05) is 34.1 Å². The van der Waals surface area contributed by atoms with Gasteiger partial charge in [0.1, 0.15) is 11.6 Å². The largest absolute Gasteiger partial charge is 0.573 e. The van der Waals surface area contributed by atoms with Gasteiger partial charge in [0.2, 0.25) is 0 Å². The van der Waals surface area contributed by atoms with Crippen LogP contribution in [0.2, 0.25) is 0 Å². The monoisotopic (exact) mass is 399 g/mol. The van der Waals surface area contributed by atoms with Crippen LogP contribution in [0.5, 0.6) is 5.75 Å². The molecule has 0 radical (unpaired) electrons. The number of alkyl halides is 3. The first kappa shape index (κ1) is 18.7. The summed E-state index contributed by atoms with van der Waals surface area (Å²) in [5.41, 5.74) is 6.66. The molecule has 1 atom stereocenters. The first-order valence-electron chi connectivity index (χ1n) is 5.82. The van der Waals surface area contributed by atoms with Gasteiger partial charge in [0.05, 0.1) is 6.04 Å². The second-order valence-corrected chi connectivity index (χ2v) is 5.18. The highest BCUT2D eigenvalue weighted by atomic mass is 79.9. The lowest BCUT2D eigenvalue weighted by Gasteiger charge is -2.15. The van der Waals surface area contributed by atoms with E-state index >= 15 is 0 Å². The zero-order valence-electron chi connectivity index (χ0n) is 10.9. The molecule has 120 valence electrons. The van der Waals surface area contributed by atoms with Crippen molar-refractivity contribution in [3.63, 3.8) is 0 Å². The fourth-order valence-corrected chi connectivity index (χ4v) is 2.14. The van der Waals surface area contributed by atoms with Gasteiger partial charge < -0.3 is 10.5 Å². The van der Waals surface area contributed by atoms with E-state index in [0.29, 0.717) is 10.0 Å². The summed E-state index contributed by atoms with van der Waals surface area (Å²) in [6, 6.07) is 8.66. The summed E-state index contributed by atoms with van der Waals surface area (Å²) in [6.07, 6.45) is -4.75. The van der Waals surface area contributed by atoms with Crippen LogP contribution in [0.1, 0.15) is 17.2 Å². The van der Waals surface area contributed by atoms with Gasteiger partial charge in [0.25, 0.3) is 0 Å². The Morgan fingerprint density at radius 3 is 2.14 bits per heavy atom. The summed E-state index contributed by atoms with van der Waals surface area (Å²) in [4.78, 5) is 0. The van der Waals surface area contributed by atoms with Crippen LogP contribution in [0, 0.1) is 5.82 Å². The van der Waals surface area contributed by atoms with Crippen LogP contribution in [0.25, 0.3) is 0 Å². The second-order valence-electron chi connectivity index (χ2n) is 4.26. The standard InChI is InChI=1S/C14H10BrF4NO.ClH/c15-9-3-6-11(12(16)7-9)13(20)8-1-4-10(5-2-8)21-14(17,18)19;/h1-7,13H,20H2;1H/t13-;/m0./s1. The number of hydrogen-bond acceptors (Lipinski definition) is 2. The van der Waals surface area contributed by atoms with Gasteiger partial charge in [-0.3, -0.25) is 0 Å². The molecule has 0 fully saturated rings. The highest BCUT2D eigenvalue weighted by Gasteiger charge is 2.31. The Labute approximate surface area is 138 Å². The molecule has 0 amide bonds. The number of hydrogen-bond donors (Lipinski definition) is 1. The molecule has 2 aromatic rings. The number of ether oxygens (including phenoxy) is 1. The van der Waals surface area contributed by atoms with Crippen molar-refractivity contribution in [2.24, 2.45) is 5.73 Å². The Bertz CT molecular complexity index is 634. The van der Waals surface area contributed by atoms with Crippen molar-refractivity contribution in [1.29, 1.82) is 0 Å². The molecule has 0 aliphatic rings. The molecule has 0 aliphatic carbocycles. The van der Waals surface area contributed by atoms with E-state index in [1.54, 1.807) is 6.07 Å². The molecular formula is C14H11BrClF4NO. The normalized spacial score (nSPS) is 12.5. The van der Waals surface area contributed by atoms with Crippen LogP contribution >= 0.6 is 28.3 Å². The first-order chi connectivity index (χ1) is 9.76. The van der Waals surface area contributed by atoms with Crippen LogP contribution in [0.15, 0.2) is 46.9 Å². The molecule has 0 saturated carbocycles. The van der Waals surface area contributed by atoms with Gasteiger partial charge in [0, 0.05) is 10.0 Å². The van der Waals surface area contributed by atoms with Crippen LogP contribution in [-0.4, -0.2) is 6.36 Å². The summed E-state index contributed by atoms with van der Waals surface area (Å²) in [5.74, 6) is -0.845. The second kappa shape index (κ2) is 7.30. The first-order valence-corrected chi connectivity index (χ1v) is 6.62. The lowest BCUT2D eigenvalue weighted by molar-refractivity contribution is -0.274. The molecule has 22 heavy (non-hydrogen) atoms. The van der Waals surface area contributed by atoms with E-state index < -0.39 is 18.2 Å². The zero-order chi connectivity index (χ0) is 15.6. The van der Waals surface area contributed by atoms with E-state index in [0.717, 1.165) is 12.1 Å². The van der Waals surface area contributed by atoms with Gasteiger partial charge in [-0.05, 0) is 29.8 Å². The number of nitrogens with two attached hydrogens (primary N) is 1. The molecule has 0 heterocycles. The maximum Gasteiger partial charge on any atom is 0.573 e. The summed E-state index contributed by atoms with van der Waals surface area (Å²) in [6.45, 7) is 0. The average molecular weight is 401 g/mol. The van der Waals surface area contributed by atoms with Crippen molar-refractivity contribution in [3.8, 4) is 5.75 Å². The molecule has 2 N–H and O–H groups in total. The van der Waals surface area contributed by atoms with Crippen molar-refractivity contribution in [2.45, 2.75) is 12.4 Å². The fourth-order valence-electron chi connectivity index (χ4n) is 1.81. The Morgan fingerprint density at radius 1 is 1.05 bits per heavy atom. The summed E-state index contributed by atoms with van der Waals surface area (Å²) < 4.78 is 54.3. The van der Waals surface area contributed by atoms with Gasteiger partial charge in [-0.2, -0.15) is 0 Å². The topological polar surface area (TPSA) is 35.2 Å². The van der Waals surface area contributed by atoms with Gasteiger partial charge in [-0.25, -0.2) is 4.39 Å². The van der Waals surface area contributed by atoms with Crippen LogP contribution in [-0.2, 0) is 0 Å². The molecule has 2 nitrogen and oxygen atoms in total. The van der Waals surface area contributed by atoms with Crippen LogP contribution in [0.4, 0.5) is 17.6 Å². The molecule has 0 unspecified atom stereocenters. The minimum absolute atomic E-state index is 0. The van der Waals surface area contributed by atoms with E-state index in [2.05, 4.69) is 20.7 Å². The van der Waals surface area contributed by atoms with Gasteiger partial charge >= 0.3 is 6.36 Å². The highest BCUT2D eigenvalue weighted by Crippen LogP contribution is 2.28. The van der Waals surface area contributed by atoms with E-state index in [9.17, 15) is 17.6 Å². The number of halogens is 6. The minimum Gasteiger partial charge on any atom is -0.406 e. The third-order valence-corrected chi connectivity index (χ3v) is 3.26. The Hall–Kier alpha value is -1.31. The highest BCUT2D eigenvalue weighted by molar-refractivity contribution is 9.10. The molecule has 2 rings (SSSR count). The predicted octanol–water partition coefficient (Wildman–Crippen LogP) is 4.96. The molecule has 2 aromatic carbocycles. The lowest BCUT2D eigenvalue weighted by atomic mass is 9.99. The van der Waals surface area contributed by atoms with E-state index in [-0.39, 0.29) is 23.7 Å². The zero-order valence-corrected chi connectivity index (χ0v) is 13.3. The summed E-state index contributed by atoms with van der Waals surface area (Å²) in [5, 5.41) is 0. The molecule has 0 saturated heterocycles. The van der Waals surface area contributed by atoms with Crippen LogP contribution in [0.3, 0.4) is 0 Å². The maximum absolute atomic E-state index is 13.8. The molecule has 0 aromatic heterocycles. The van der Waals surface area contributed by atoms with Crippen molar-refractivity contribution < 1.29 is 22.3 Å². The van der Waals surface area contributed by atoms with Crippen molar-refractivity contribution in [3.05, 3.63) is 63.9 Å². The Morgan fingerprint density at radius 2 is 1.64 bits per heavy atom. The van der Waals surface area contributed by atoms with Gasteiger partial charge in [-0.15, -0.1) is 25.6 Å². The smallest absolute Gasteiger partial charge is 0.406 e. The van der Waals surface area contributed by atoms with Crippen molar-refractivity contribution in [1.82, 2.24) is 0 Å². The number of benzene rings is 2. The van der Waals surface area contributed by atoms with Crippen LogP contribution < -0.4 is 10.5 Å². The molecule has 0 bridgehead atoms. The Balaban J connectivity index is 0.00000242. The van der Waals surface area contributed by atoms with E-state index in [1.165, 1.54) is 24.3 Å². The van der Waals surface area contributed by atoms with Crippen molar-refractivity contribution in [2.75, 3.05) is 0 Å². The molecular weight excluding hydrogens is 390 g/mol. The SMILES string of the molecule is Cl.N[C@@H](c1ccc(OC(F)(F)F)cc1)c1ccc(Br)cc1F. The third-order valence-electron chi connectivity index (χ3n) is 2.77. The average Bonchev–Trinajstić information content (AvgIpc) is 2.37. The molecule has 0 spiro atoms. The van der Waals surface area contributed by atoms with E-state index in [4.69, 9.17) is 5.73 Å². The summed E-state index contributed by atoms with van der Waals surface area (Å²) in [7, 11) is 0. The lowest BCUT2D eigenvalue weighted by Crippen LogP contribution is -2.17. The molecule has 8 heteroatoms.